The molecule has 1 saturated heterocycles. The van der Waals surface area contributed by atoms with Crippen LogP contribution in [0.2, 0.25) is 0 Å². The summed E-state index contributed by atoms with van der Waals surface area (Å²) in [5, 5.41) is 18.8. The maximum absolute atomic E-state index is 9.72. The number of nitrogens with zero attached hydrogens (tertiary/aromatic N) is 3. The van der Waals surface area contributed by atoms with Gasteiger partial charge in [0.05, 0.1) is 25.4 Å². The number of H-pyrrole nitrogens is 1. The van der Waals surface area contributed by atoms with Gasteiger partial charge in [-0.1, -0.05) is 12.2 Å². The molecular weight excluding hydrogens is 256 g/mol. The van der Waals surface area contributed by atoms with E-state index in [1.807, 2.05) is 0 Å². The molecule has 18 heavy (non-hydrogen) atoms. The number of fused-ring (bicyclic) bond motifs is 1. The van der Waals surface area contributed by atoms with Crippen molar-refractivity contribution in [1.82, 2.24) is 19.5 Å². The lowest BCUT2D eigenvalue weighted by Gasteiger charge is -2.13. The van der Waals surface area contributed by atoms with E-state index >= 15 is 0 Å². The van der Waals surface area contributed by atoms with Gasteiger partial charge in [0, 0.05) is 6.42 Å². The molecule has 96 valence electrons. The van der Waals surface area contributed by atoms with Crippen LogP contribution in [0.1, 0.15) is 12.6 Å². The zero-order valence-corrected chi connectivity index (χ0v) is 10.2. The van der Waals surface area contributed by atoms with E-state index in [1.165, 1.54) is 6.33 Å². The number of aromatic nitrogens is 4. The van der Waals surface area contributed by atoms with Gasteiger partial charge in [0.25, 0.3) is 0 Å². The van der Waals surface area contributed by atoms with Crippen molar-refractivity contribution in [2.45, 2.75) is 24.9 Å². The molecule has 0 amide bonds. The minimum Gasteiger partial charge on any atom is -0.394 e. The molecule has 3 rings (SSSR count). The lowest BCUT2D eigenvalue weighted by atomic mass is 10.2. The quantitative estimate of drug-likeness (QED) is 0.670. The third kappa shape index (κ3) is 1.74. The van der Waals surface area contributed by atoms with Crippen LogP contribution in [0.15, 0.2) is 12.7 Å². The lowest BCUT2D eigenvalue weighted by molar-refractivity contribution is -0.0432. The molecule has 0 aromatic carbocycles. The Morgan fingerprint density at radius 2 is 2.39 bits per heavy atom. The molecule has 0 unspecified atom stereocenters. The number of nitrogens with one attached hydrogen (secondary N) is 1. The summed E-state index contributed by atoms with van der Waals surface area (Å²) in [6.45, 7) is -0.206. The molecular formula is C10H12N4O3S. The number of hydrogen-bond acceptors (Lipinski definition) is 6. The number of aliphatic hydroxyl groups is 2. The Kier molecular flexibility index (Phi) is 2.86. The number of aromatic amines is 1. The summed E-state index contributed by atoms with van der Waals surface area (Å²) in [4.78, 5) is 11.1. The van der Waals surface area contributed by atoms with Crippen LogP contribution in [0, 0.1) is 4.64 Å². The minimum absolute atomic E-state index is 0.206. The van der Waals surface area contributed by atoms with Crippen molar-refractivity contribution in [2.75, 3.05) is 6.61 Å². The zero-order valence-electron chi connectivity index (χ0n) is 9.35. The average molecular weight is 268 g/mol. The van der Waals surface area contributed by atoms with Gasteiger partial charge in [0.2, 0.25) is 0 Å². The van der Waals surface area contributed by atoms with Gasteiger partial charge >= 0.3 is 0 Å². The van der Waals surface area contributed by atoms with Crippen molar-refractivity contribution >= 4 is 23.4 Å². The summed E-state index contributed by atoms with van der Waals surface area (Å²) in [6, 6.07) is 0. The van der Waals surface area contributed by atoms with E-state index in [4.69, 9.17) is 22.1 Å². The fourth-order valence-electron chi connectivity index (χ4n) is 2.14. The second kappa shape index (κ2) is 4.39. The number of ether oxygens (including phenoxy) is 1. The van der Waals surface area contributed by atoms with Crippen LogP contribution >= 0.6 is 12.2 Å². The molecule has 1 aliphatic heterocycles. The number of aliphatic hydroxyl groups excluding tert-OH is 2. The van der Waals surface area contributed by atoms with Gasteiger partial charge in [0.15, 0.2) is 4.64 Å². The van der Waals surface area contributed by atoms with Gasteiger partial charge < -0.3 is 19.9 Å². The highest BCUT2D eigenvalue weighted by Crippen LogP contribution is 2.30. The number of rotatable bonds is 2. The largest absolute Gasteiger partial charge is 0.394 e. The van der Waals surface area contributed by atoms with E-state index in [2.05, 4.69) is 15.0 Å². The van der Waals surface area contributed by atoms with Crippen LogP contribution in [0.5, 0.6) is 0 Å². The maximum atomic E-state index is 9.72. The van der Waals surface area contributed by atoms with Crippen molar-refractivity contribution in [1.29, 1.82) is 0 Å². The lowest BCUT2D eigenvalue weighted by Crippen LogP contribution is -2.24. The van der Waals surface area contributed by atoms with Gasteiger partial charge in [-0.2, -0.15) is 0 Å². The fourth-order valence-corrected chi connectivity index (χ4v) is 2.34. The van der Waals surface area contributed by atoms with E-state index < -0.39 is 12.2 Å². The van der Waals surface area contributed by atoms with E-state index in [0.29, 0.717) is 22.2 Å². The number of hydrogen-bond donors (Lipinski definition) is 3. The van der Waals surface area contributed by atoms with Crippen molar-refractivity contribution < 1.29 is 14.9 Å². The van der Waals surface area contributed by atoms with Crippen LogP contribution in [-0.2, 0) is 4.74 Å². The maximum Gasteiger partial charge on any atom is 0.157 e. The minimum atomic E-state index is -0.678. The van der Waals surface area contributed by atoms with E-state index in [9.17, 15) is 5.11 Å². The zero-order chi connectivity index (χ0) is 12.7. The molecule has 0 bridgehead atoms. The monoisotopic (exact) mass is 268 g/mol. The van der Waals surface area contributed by atoms with Crippen LogP contribution in [-0.4, -0.2) is 48.5 Å². The summed E-state index contributed by atoms with van der Waals surface area (Å²) in [7, 11) is 0. The van der Waals surface area contributed by atoms with Crippen LogP contribution in [0.3, 0.4) is 0 Å². The molecule has 0 aliphatic carbocycles. The predicted molar refractivity (Wildman–Crippen MR) is 64.3 cm³/mol. The van der Waals surface area contributed by atoms with Crippen molar-refractivity contribution in [3.63, 3.8) is 0 Å². The Morgan fingerprint density at radius 1 is 1.56 bits per heavy atom. The standard InChI is InChI=1S/C10H12N4O3S/c15-2-6-5(16)1-7(17-6)14-4-13-8-9(14)11-3-12-10(8)18/h3-7,15-16H,1-2H2,(H,11,12,18)/t5-,6+,7+/m0/s1. The van der Waals surface area contributed by atoms with Gasteiger partial charge in [-0.05, 0) is 0 Å². The Hall–Kier alpha value is -1.35. The molecule has 2 aromatic heterocycles. The van der Waals surface area contributed by atoms with Gasteiger partial charge in [0.1, 0.15) is 23.5 Å². The van der Waals surface area contributed by atoms with Crippen LogP contribution in [0.25, 0.3) is 11.2 Å². The second-order valence-corrected chi connectivity index (χ2v) is 4.56. The van der Waals surface area contributed by atoms with Crippen LogP contribution < -0.4 is 0 Å². The third-order valence-electron chi connectivity index (χ3n) is 3.07. The Bertz CT molecular complexity index is 625. The van der Waals surface area contributed by atoms with Crippen LogP contribution in [0.4, 0.5) is 0 Å². The average Bonchev–Trinajstić information content (AvgIpc) is 2.93. The second-order valence-electron chi connectivity index (χ2n) is 4.17. The molecule has 1 fully saturated rings. The fraction of sp³-hybridized carbons (Fsp3) is 0.500. The first-order valence-electron chi connectivity index (χ1n) is 5.55. The Labute approximate surface area is 107 Å². The van der Waals surface area contributed by atoms with E-state index in [-0.39, 0.29) is 12.8 Å². The smallest absolute Gasteiger partial charge is 0.157 e. The molecule has 8 heteroatoms. The first-order valence-corrected chi connectivity index (χ1v) is 5.96. The first-order chi connectivity index (χ1) is 8.70. The van der Waals surface area contributed by atoms with E-state index in [1.54, 1.807) is 10.9 Å². The molecule has 1 aliphatic rings. The van der Waals surface area contributed by atoms with Crippen molar-refractivity contribution in [3.8, 4) is 0 Å². The summed E-state index contributed by atoms with van der Waals surface area (Å²) < 4.78 is 7.74. The summed E-state index contributed by atoms with van der Waals surface area (Å²) in [6.07, 6.45) is 1.89. The Morgan fingerprint density at radius 3 is 3.11 bits per heavy atom. The molecule has 2 aromatic rings. The highest BCUT2D eigenvalue weighted by Gasteiger charge is 2.35. The third-order valence-corrected chi connectivity index (χ3v) is 3.37. The van der Waals surface area contributed by atoms with Gasteiger partial charge in [-0.3, -0.25) is 4.57 Å². The summed E-state index contributed by atoms with van der Waals surface area (Å²) in [5.74, 6) is 0. The van der Waals surface area contributed by atoms with Crippen molar-refractivity contribution in [3.05, 3.63) is 17.3 Å². The molecule has 7 nitrogen and oxygen atoms in total. The van der Waals surface area contributed by atoms with E-state index in [0.717, 1.165) is 0 Å². The van der Waals surface area contributed by atoms with Gasteiger partial charge in [-0.25, -0.2) is 9.97 Å². The molecule has 0 spiro atoms. The summed E-state index contributed by atoms with van der Waals surface area (Å²) in [5.41, 5.74) is 1.30. The topological polar surface area (TPSA) is 96.2 Å². The summed E-state index contributed by atoms with van der Waals surface area (Å²) >= 11 is 5.07. The molecule has 0 radical (unpaired) electrons. The predicted octanol–water partition coefficient (Wildman–Crippen LogP) is 0.130. The van der Waals surface area contributed by atoms with Gasteiger partial charge in [-0.15, -0.1) is 0 Å². The molecule has 3 heterocycles. The Balaban J connectivity index is 2.01. The molecule has 0 saturated carbocycles. The number of imidazole rings is 1. The molecule has 3 N–H and O–H groups in total. The highest BCUT2D eigenvalue weighted by molar-refractivity contribution is 7.71. The molecule has 3 atom stereocenters. The highest BCUT2D eigenvalue weighted by atomic mass is 32.1. The van der Waals surface area contributed by atoms with Crippen molar-refractivity contribution in [2.24, 2.45) is 0 Å². The normalized spacial score (nSPS) is 28.0. The first kappa shape index (κ1) is 11.7. The SMILES string of the molecule is OC[C@H]1O[C@@H](n2cnc3c(=S)nc[nH]c32)C[C@@H]1O.